The van der Waals surface area contributed by atoms with E-state index < -0.39 is 5.97 Å². The molecule has 4 nitrogen and oxygen atoms in total. The smallest absolute Gasteiger partial charge is 0.336 e. The molecule has 2 aromatic carbocycles. The van der Waals surface area contributed by atoms with E-state index in [0.29, 0.717) is 23.2 Å². The van der Waals surface area contributed by atoms with Crippen LogP contribution in [-0.2, 0) is 4.79 Å². The van der Waals surface area contributed by atoms with E-state index >= 15 is 0 Å². The Morgan fingerprint density at radius 3 is 2.32 bits per heavy atom. The maximum atomic E-state index is 12.0. The number of carbonyl (C=O) groups is 1. The minimum atomic E-state index is -0.425. The lowest BCUT2D eigenvalue weighted by atomic mass is 9.98. The van der Waals surface area contributed by atoms with Crippen molar-refractivity contribution in [2.75, 3.05) is 14.2 Å². The summed E-state index contributed by atoms with van der Waals surface area (Å²) in [6.07, 6.45) is 3.08. The van der Waals surface area contributed by atoms with Crippen LogP contribution in [0.4, 0.5) is 0 Å². The molecule has 0 aliphatic rings. The van der Waals surface area contributed by atoms with Gasteiger partial charge in [-0.15, -0.1) is 0 Å². The lowest BCUT2D eigenvalue weighted by molar-refractivity contribution is -0.128. The maximum Gasteiger partial charge on any atom is 0.336 e. The molecule has 2 rings (SSSR count). The van der Waals surface area contributed by atoms with E-state index in [9.17, 15) is 4.79 Å². The zero-order valence-corrected chi connectivity index (χ0v) is 15.3. The Morgan fingerprint density at radius 2 is 1.72 bits per heavy atom. The minimum Gasteiger partial charge on any atom is -0.493 e. The Balaban J connectivity index is 2.07. The van der Waals surface area contributed by atoms with Gasteiger partial charge in [0.25, 0.3) is 0 Å². The van der Waals surface area contributed by atoms with Crippen LogP contribution < -0.4 is 14.2 Å². The minimum absolute atomic E-state index is 0.425. The third-order valence-electron chi connectivity index (χ3n) is 3.90. The topological polar surface area (TPSA) is 44.8 Å². The van der Waals surface area contributed by atoms with Crippen molar-refractivity contribution in [3.63, 3.8) is 0 Å². The van der Waals surface area contributed by atoms with Crippen LogP contribution in [0.15, 0.2) is 42.5 Å². The van der Waals surface area contributed by atoms with Crippen molar-refractivity contribution in [2.45, 2.75) is 26.7 Å². The van der Waals surface area contributed by atoms with Gasteiger partial charge in [-0.25, -0.2) is 4.79 Å². The highest BCUT2D eigenvalue weighted by molar-refractivity contribution is 5.88. The molecule has 0 aliphatic heterocycles. The van der Waals surface area contributed by atoms with Crippen molar-refractivity contribution in [3.05, 3.63) is 59.2 Å². The number of ether oxygens (including phenoxy) is 3. The third-order valence-corrected chi connectivity index (χ3v) is 3.90. The molecule has 0 spiro atoms. The second-order valence-electron chi connectivity index (χ2n) is 6.04. The van der Waals surface area contributed by atoms with Crippen molar-refractivity contribution in [1.29, 1.82) is 0 Å². The molecule has 0 fully saturated rings. The van der Waals surface area contributed by atoms with Gasteiger partial charge in [0, 0.05) is 6.08 Å². The second kappa shape index (κ2) is 8.38. The van der Waals surface area contributed by atoms with Gasteiger partial charge in [0.1, 0.15) is 5.75 Å². The number of hydrogen-bond donors (Lipinski definition) is 0. The Bertz CT molecular complexity index is 775. The predicted octanol–water partition coefficient (Wildman–Crippen LogP) is 4.75. The first-order valence-corrected chi connectivity index (χ1v) is 8.17. The fourth-order valence-electron chi connectivity index (χ4n) is 2.63. The van der Waals surface area contributed by atoms with Crippen molar-refractivity contribution in [3.8, 4) is 17.2 Å². The van der Waals surface area contributed by atoms with Crippen molar-refractivity contribution < 1.29 is 19.0 Å². The average Bonchev–Trinajstić information content (AvgIpc) is 2.59. The van der Waals surface area contributed by atoms with E-state index in [1.807, 2.05) is 31.2 Å². The van der Waals surface area contributed by atoms with Gasteiger partial charge in [-0.1, -0.05) is 26.0 Å². The number of rotatable bonds is 6. The molecular weight excluding hydrogens is 316 g/mol. The Morgan fingerprint density at radius 1 is 1.00 bits per heavy atom. The van der Waals surface area contributed by atoms with Gasteiger partial charge in [0.05, 0.1) is 14.2 Å². The van der Waals surface area contributed by atoms with Crippen LogP contribution in [0.25, 0.3) is 6.08 Å². The number of hydrogen-bond acceptors (Lipinski definition) is 4. The summed E-state index contributed by atoms with van der Waals surface area (Å²) < 4.78 is 15.8. The first-order valence-electron chi connectivity index (χ1n) is 8.17. The highest BCUT2D eigenvalue weighted by atomic mass is 16.5. The van der Waals surface area contributed by atoms with E-state index in [2.05, 4.69) is 13.8 Å². The third kappa shape index (κ3) is 4.86. The van der Waals surface area contributed by atoms with E-state index in [1.165, 1.54) is 11.6 Å². The summed E-state index contributed by atoms with van der Waals surface area (Å²) in [5, 5.41) is 0. The standard InChI is InChI=1S/C21H24O4/c1-14(2)18-9-8-17(12-15(18)3)25-21(22)11-7-16-6-10-19(23-4)20(13-16)24-5/h6-14H,1-5H3/b11-7+. The number of benzene rings is 2. The lowest BCUT2D eigenvalue weighted by Gasteiger charge is -2.11. The summed E-state index contributed by atoms with van der Waals surface area (Å²) in [6.45, 7) is 6.30. The molecular formula is C21H24O4. The Labute approximate surface area is 149 Å². The lowest BCUT2D eigenvalue weighted by Crippen LogP contribution is -2.04. The SMILES string of the molecule is COc1ccc(/C=C/C(=O)Oc2ccc(C(C)C)c(C)c2)cc1OC. The largest absolute Gasteiger partial charge is 0.493 e. The molecule has 0 heterocycles. The van der Waals surface area contributed by atoms with E-state index in [0.717, 1.165) is 11.1 Å². The van der Waals surface area contributed by atoms with Crippen LogP contribution >= 0.6 is 0 Å². The Kier molecular flexibility index (Phi) is 6.23. The van der Waals surface area contributed by atoms with Gasteiger partial charge in [0.2, 0.25) is 0 Å². The van der Waals surface area contributed by atoms with Crippen molar-refractivity contribution in [2.24, 2.45) is 0 Å². The summed E-state index contributed by atoms with van der Waals surface area (Å²) in [5.74, 6) is 1.81. The average molecular weight is 340 g/mol. The quantitative estimate of drug-likeness (QED) is 0.432. The van der Waals surface area contributed by atoms with E-state index in [4.69, 9.17) is 14.2 Å². The first-order chi connectivity index (χ1) is 11.9. The second-order valence-corrected chi connectivity index (χ2v) is 6.04. The van der Waals surface area contributed by atoms with Gasteiger partial charge in [-0.2, -0.15) is 0 Å². The zero-order valence-electron chi connectivity index (χ0n) is 15.3. The zero-order chi connectivity index (χ0) is 18.4. The molecule has 0 radical (unpaired) electrons. The van der Waals surface area contributed by atoms with Crippen molar-refractivity contribution in [1.82, 2.24) is 0 Å². The highest BCUT2D eigenvalue weighted by Gasteiger charge is 2.07. The van der Waals surface area contributed by atoms with Crippen molar-refractivity contribution >= 4 is 12.0 Å². The summed E-state index contributed by atoms with van der Waals surface area (Å²) in [5.41, 5.74) is 3.19. The summed E-state index contributed by atoms with van der Waals surface area (Å²) in [4.78, 5) is 12.0. The molecule has 0 saturated heterocycles. The molecule has 0 atom stereocenters. The number of esters is 1. The normalized spacial score (nSPS) is 11.0. The number of aryl methyl sites for hydroxylation is 1. The fourth-order valence-corrected chi connectivity index (χ4v) is 2.63. The molecule has 4 heteroatoms. The van der Waals surface area contributed by atoms with Crippen LogP contribution in [0.2, 0.25) is 0 Å². The molecule has 0 saturated carbocycles. The van der Waals surface area contributed by atoms with Crippen LogP contribution in [0.5, 0.6) is 17.2 Å². The fraction of sp³-hybridized carbons (Fsp3) is 0.286. The summed E-state index contributed by atoms with van der Waals surface area (Å²) in [6, 6.07) is 11.1. The molecule has 0 amide bonds. The molecule has 2 aromatic rings. The molecule has 0 bridgehead atoms. The number of methoxy groups -OCH3 is 2. The molecule has 0 aromatic heterocycles. The summed E-state index contributed by atoms with van der Waals surface area (Å²) >= 11 is 0. The van der Waals surface area contributed by atoms with Gasteiger partial charge in [0.15, 0.2) is 11.5 Å². The van der Waals surface area contributed by atoms with Gasteiger partial charge < -0.3 is 14.2 Å². The van der Waals surface area contributed by atoms with Crippen LogP contribution in [0.3, 0.4) is 0 Å². The van der Waals surface area contributed by atoms with Crippen LogP contribution in [0, 0.1) is 6.92 Å². The van der Waals surface area contributed by atoms with E-state index in [1.54, 1.807) is 32.4 Å². The van der Waals surface area contributed by atoms with Crippen LogP contribution in [0.1, 0.15) is 36.5 Å². The van der Waals surface area contributed by atoms with E-state index in [-0.39, 0.29) is 0 Å². The van der Waals surface area contributed by atoms with Gasteiger partial charge >= 0.3 is 5.97 Å². The molecule has 132 valence electrons. The highest BCUT2D eigenvalue weighted by Crippen LogP contribution is 2.28. The summed E-state index contributed by atoms with van der Waals surface area (Å²) in [7, 11) is 3.15. The van der Waals surface area contributed by atoms with Crippen LogP contribution in [-0.4, -0.2) is 20.2 Å². The molecule has 0 unspecified atom stereocenters. The van der Waals surface area contributed by atoms with Gasteiger partial charge in [-0.3, -0.25) is 0 Å². The number of carbonyl (C=O) groups excluding carboxylic acids is 1. The predicted molar refractivity (Wildman–Crippen MR) is 99.5 cm³/mol. The maximum absolute atomic E-state index is 12.0. The molecule has 25 heavy (non-hydrogen) atoms. The molecule has 0 N–H and O–H groups in total. The monoisotopic (exact) mass is 340 g/mol. The first kappa shape index (κ1) is 18.6. The Hall–Kier alpha value is -2.75. The van der Waals surface area contributed by atoms with Gasteiger partial charge in [-0.05, 0) is 59.9 Å². The molecule has 0 aliphatic carbocycles.